The van der Waals surface area contributed by atoms with Gasteiger partial charge in [-0.15, -0.1) is 11.3 Å². The fraction of sp³-hybridized carbons (Fsp3) is 0.286. The van der Waals surface area contributed by atoms with Crippen LogP contribution >= 0.6 is 34.5 Å². The lowest BCUT2D eigenvalue weighted by molar-refractivity contribution is -0.131. The second-order valence-electron chi connectivity index (χ2n) is 6.98. The number of carbonyl (C=O) groups is 2. The van der Waals surface area contributed by atoms with Crippen LogP contribution in [0.3, 0.4) is 0 Å². The van der Waals surface area contributed by atoms with Crippen LogP contribution in [0.25, 0.3) is 10.2 Å². The fourth-order valence-electron chi connectivity index (χ4n) is 3.48. The highest BCUT2D eigenvalue weighted by molar-refractivity contribution is 7.18. The van der Waals surface area contributed by atoms with Crippen molar-refractivity contribution >= 4 is 56.6 Å². The van der Waals surface area contributed by atoms with Crippen molar-refractivity contribution in [1.29, 1.82) is 0 Å². The zero-order valence-corrected chi connectivity index (χ0v) is 17.9. The average molecular weight is 448 g/mol. The van der Waals surface area contributed by atoms with Crippen LogP contribution < -0.4 is 5.32 Å². The quantitative estimate of drug-likeness (QED) is 0.627. The third-order valence-electron chi connectivity index (χ3n) is 5.08. The molecule has 0 aliphatic carbocycles. The van der Waals surface area contributed by atoms with Crippen LogP contribution in [0.1, 0.15) is 34.1 Å². The van der Waals surface area contributed by atoms with Crippen molar-refractivity contribution in [1.82, 2.24) is 15.2 Å². The Balaban J connectivity index is 1.31. The van der Waals surface area contributed by atoms with E-state index in [4.69, 9.17) is 28.2 Å². The monoisotopic (exact) mass is 447 g/mol. The molecule has 3 aromatic rings. The van der Waals surface area contributed by atoms with E-state index in [2.05, 4.69) is 5.32 Å². The van der Waals surface area contributed by atoms with Crippen molar-refractivity contribution in [3.63, 3.8) is 0 Å². The molecule has 1 N–H and O–H groups in total. The van der Waals surface area contributed by atoms with E-state index < -0.39 is 0 Å². The number of aromatic nitrogens is 1. The Hall–Kier alpha value is -2.15. The summed E-state index contributed by atoms with van der Waals surface area (Å²) in [6.07, 6.45) is 1.72. The van der Waals surface area contributed by atoms with E-state index in [0.29, 0.717) is 34.6 Å². The van der Waals surface area contributed by atoms with Crippen molar-refractivity contribution in [2.45, 2.75) is 18.8 Å². The van der Waals surface area contributed by atoms with Crippen LogP contribution in [0.5, 0.6) is 0 Å². The molecule has 0 radical (unpaired) electrons. The Bertz CT molecular complexity index is 1060. The van der Waals surface area contributed by atoms with E-state index in [9.17, 15) is 9.59 Å². The minimum Gasteiger partial charge on any atom is -0.343 e. The van der Waals surface area contributed by atoms with Crippen molar-refractivity contribution in [2.75, 3.05) is 19.6 Å². The molecule has 1 saturated heterocycles. The number of hydrogen-bond donors (Lipinski definition) is 1. The maximum absolute atomic E-state index is 12.5. The summed E-state index contributed by atoms with van der Waals surface area (Å²) >= 11 is 13.8. The van der Waals surface area contributed by atoms with Crippen LogP contribution in [-0.2, 0) is 4.79 Å². The molecular weight excluding hydrogens is 429 g/mol. The van der Waals surface area contributed by atoms with E-state index in [1.165, 1.54) is 0 Å². The number of likely N-dealkylation sites (tertiary alicyclic amines) is 1. The third kappa shape index (κ3) is 4.55. The van der Waals surface area contributed by atoms with Crippen LogP contribution in [0.4, 0.5) is 0 Å². The predicted octanol–water partition coefficient (Wildman–Crippen LogP) is 4.74. The summed E-state index contributed by atoms with van der Waals surface area (Å²) < 4.78 is 1.13. The first-order valence-corrected chi connectivity index (χ1v) is 10.9. The zero-order valence-electron chi connectivity index (χ0n) is 15.5. The minimum atomic E-state index is -0.341. The molecule has 2 aromatic carbocycles. The van der Waals surface area contributed by atoms with E-state index in [1.54, 1.807) is 40.5 Å². The van der Waals surface area contributed by atoms with Gasteiger partial charge >= 0.3 is 0 Å². The number of nitrogens with zero attached hydrogens (tertiary/aromatic N) is 2. The molecule has 0 unspecified atom stereocenters. The van der Waals surface area contributed by atoms with Crippen molar-refractivity contribution in [2.24, 2.45) is 0 Å². The maximum atomic E-state index is 12.5. The Morgan fingerprint density at radius 3 is 2.66 bits per heavy atom. The number of nitrogens with one attached hydrogen (secondary N) is 1. The molecule has 150 valence electrons. The van der Waals surface area contributed by atoms with Gasteiger partial charge in [0.05, 0.1) is 32.4 Å². The number of fused-ring (bicyclic) bond motifs is 1. The van der Waals surface area contributed by atoms with Gasteiger partial charge in [-0.25, -0.2) is 4.98 Å². The lowest BCUT2D eigenvalue weighted by Crippen LogP contribution is -2.43. The molecule has 2 heterocycles. The second-order valence-corrected chi connectivity index (χ2v) is 8.89. The highest BCUT2D eigenvalue weighted by Crippen LogP contribution is 2.34. The number of amides is 2. The fourth-order valence-corrected chi connectivity index (χ4v) is 4.98. The first kappa shape index (κ1) is 20.1. The predicted molar refractivity (Wildman–Crippen MR) is 117 cm³/mol. The molecule has 1 fully saturated rings. The number of thiazole rings is 1. The summed E-state index contributed by atoms with van der Waals surface area (Å²) in [5, 5.41) is 4.82. The van der Waals surface area contributed by atoms with Gasteiger partial charge in [0.1, 0.15) is 0 Å². The summed E-state index contributed by atoms with van der Waals surface area (Å²) in [5.41, 5.74) is 1.30. The molecule has 0 saturated carbocycles. The van der Waals surface area contributed by atoms with Gasteiger partial charge in [0.15, 0.2) is 0 Å². The Kier molecular flexibility index (Phi) is 6.04. The number of carbonyl (C=O) groups excluding carboxylic acids is 2. The van der Waals surface area contributed by atoms with Crippen LogP contribution in [0, 0.1) is 0 Å². The van der Waals surface area contributed by atoms with Gasteiger partial charge < -0.3 is 10.2 Å². The SMILES string of the molecule is O=C(NCC(=O)N1CCC(c2nc3cc(Cl)ccc3s2)CC1)c1ccccc1Cl. The lowest BCUT2D eigenvalue weighted by atomic mass is 9.97. The number of halogens is 2. The molecule has 0 bridgehead atoms. The van der Waals surface area contributed by atoms with Crippen molar-refractivity contribution in [3.8, 4) is 0 Å². The highest BCUT2D eigenvalue weighted by Gasteiger charge is 2.26. The summed E-state index contributed by atoms with van der Waals surface area (Å²) in [6.45, 7) is 1.28. The van der Waals surface area contributed by atoms with Crippen LogP contribution in [0.15, 0.2) is 42.5 Å². The van der Waals surface area contributed by atoms with E-state index in [0.717, 1.165) is 28.1 Å². The number of piperidine rings is 1. The molecule has 1 aromatic heterocycles. The topological polar surface area (TPSA) is 62.3 Å². The second kappa shape index (κ2) is 8.69. The number of hydrogen-bond acceptors (Lipinski definition) is 4. The Morgan fingerprint density at radius 2 is 1.90 bits per heavy atom. The molecular formula is C21H19Cl2N3O2S. The maximum Gasteiger partial charge on any atom is 0.253 e. The largest absolute Gasteiger partial charge is 0.343 e. The van der Waals surface area contributed by atoms with Crippen molar-refractivity contribution < 1.29 is 9.59 Å². The van der Waals surface area contributed by atoms with Crippen LogP contribution in [0.2, 0.25) is 10.0 Å². The summed E-state index contributed by atoms with van der Waals surface area (Å²) in [7, 11) is 0. The highest BCUT2D eigenvalue weighted by atomic mass is 35.5. The lowest BCUT2D eigenvalue weighted by Gasteiger charge is -2.31. The van der Waals surface area contributed by atoms with Gasteiger partial charge in [-0.3, -0.25) is 9.59 Å². The standard InChI is InChI=1S/C21H19Cl2N3O2S/c22-14-5-6-18-17(11-14)25-21(29-18)13-7-9-26(10-8-13)19(27)12-24-20(28)15-3-1-2-4-16(15)23/h1-6,11,13H,7-10,12H2,(H,24,28). The van der Waals surface area contributed by atoms with Crippen molar-refractivity contribution in [3.05, 3.63) is 63.1 Å². The average Bonchev–Trinajstić information content (AvgIpc) is 3.15. The molecule has 5 nitrogen and oxygen atoms in total. The number of rotatable bonds is 4. The van der Waals surface area contributed by atoms with Gasteiger partial charge in [-0.1, -0.05) is 35.3 Å². The van der Waals surface area contributed by atoms with Gasteiger partial charge in [0.25, 0.3) is 5.91 Å². The molecule has 4 rings (SSSR count). The van der Waals surface area contributed by atoms with E-state index in [1.807, 2.05) is 18.2 Å². The molecule has 8 heteroatoms. The van der Waals surface area contributed by atoms with Gasteiger partial charge in [0, 0.05) is 24.0 Å². The van der Waals surface area contributed by atoms with Crippen LogP contribution in [-0.4, -0.2) is 41.3 Å². The molecule has 1 aliphatic rings. The molecule has 0 atom stereocenters. The first-order chi connectivity index (χ1) is 14.0. The van der Waals surface area contributed by atoms with Gasteiger partial charge in [0.2, 0.25) is 5.91 Å². The summed E-state index contributed by atoms with van der Waals surface area (Å²) in [6, 6.07) is 12.6. The molecule has 2 amide bonds. The van der Waals surface area contributed by atoms with E-state index >= 15 is 0 Å². The minimum absolute atomic E-state index is 0.0334. The number of benzene rings is 2. The van der Waals surface area contributed by atoms with Gasteiger partial charge in [-0.2, -0.15) is 0 Å². The normalized spacial score (nSPS) is 14.9. The smallest absolute Gasteiger partial charge is 0.253 e. The summed E-state index contributed by atoms with van der Waals surface area (Å²) in [5.74, 6) is -0.0835. The third-order valence-corrected chi connectivity index (χ3v) is 6.85. The van der Waals surface area contributed by atoms with E-state index in [-0.39, 0.29) is 18.4 Å². The molecule has 29 heavy (non-hydrogen) atoms. The Labute approximate surface area is 182 Å². The summed E-state index contributed by atoms with van der Waals surface area (Å²) in [4.78, 5) is 31.2. The molecule has 0 spiro atoms. The Morgan fingerprint density at radius 1 is 1.14 bits per heavy atom. The molecule has 1 aliphatic heterocycles. The zero-order chi connectivity index (χ0) is 20.4. The van der Waals surface area contributed by atoms with Gasteiger partial charge in [-0.05, 0) is 43.2 Å². The first-order valence-electron chi connectivity index (χ1n) is 9.38.